The number of benzene rings is 2. The molecule has 0 radical (unpaired) electrons. The number of aryl methyl sites for hydroxylation is 2. The van der Waals surface area contributed by atoms with Crippen molar-refractivity contribution < 1.29 is 43.3 Å². The monoisotopic (exact) mass is 736 g/mol. The highest BCUT2D eigenvalue weighted by molar-refractivity contribution is 5.89. The average Bonchev–Trinajstić information content (AvgIpc) is 3.86. The molecule has 2 N–H and O–H groups in total. The molecule has 0 bridgehead atoms. The van der Waals surface area contributed by atoms with E-state index < -0.39 is 46.9 Å². The molecule has 1 atom stereocenters. The van der Waals surface area contributed by atoms with Crippen LogP contribution in [-0.4, -0.2) is 64.1 Å². The van der Waals surface area contributed by atoms with Crippen LogP contribution >= 0.6 is 0 Å². The number of aromatic amines is 1. The summed E-state index contributed by atoms with van der Waals surface area (Å²) in [5.41, 5.74) is 1.96. The van der Waals surface area contributed by atoms with Crippen molar-refractivity contribution in [1.29, 1.82) is 0 Å². The minimum atomic E-state index is -1.54. The summed E-state index contributed by atoms with van der Waals surface area (Å²) in [7, 11) is 0. The molecule has 0 aliphatic carbocycles. The molecule has 20 nitrogen and oxygen atoms in total. The molecule has 0 spiro atoms. The maximum absolute atomic E-state index is 13.8. The van der Waals surface area contributed by atoms with Gasteiger partial charge in [0.1, 0.15) is 29.8 Å². The summed E-state index contributed by atoms with van der Waals surface area (Å²) in [5, 5.41) is 44.5. The zero-order valence-corrected chi connectivity index (χ0v) is 28.9. The molecule has 0 amide bonds. The van der Waals surface area contributed by atoms with E-state index in [1.165, 1.54) is 13.8 Å². The molecule has 0 saturated heterocycles. The summed E-state index contributed by atoms with van der Waals surface area (Å²) < 4.78 is 17.5. The number of nitrogens with one attached hydrogen (secondary N) is 1. The molecule has 0 aliphatic heterocycles. The molecule has 3 aromatic heterocycles. The molecular weight excluding hydrogens is 700 g/mol. The van der Waals surface area contributed by atoms with Crippen molar-refractivity contribution in [2.24, 2.45) is 0 Å². The Labute approximate surface area is 299 Å². The quantitative estimate of drug-likeness (QED) is 0.0689. The minimum absolute atomic E-state index is 0.00161. The van der Waals surface area contributed by atoms with Gasteiger partial charge in [-0.2, -0.15) is 5.21 Å². The Morgan fingerprint density at radius 2 is 1.75 bits per heavy atom. The van der Waals surface area contributed by atoms with Gasteiger partial charge in [0.05, 0.1) is 0 Å². The van der Waals surface area contributed by atoms with Crippen molar-refractivity contribution in [2.45, 2.75) is 77.7 Å². The second kappa shape index (κ2) is 16.7. The summed E-state index contributed by atoms with van der Waals surface area (Å²) >= 11 is 0. The van der Waals surface area contributed by atoms with Crippen LogP contribution in [0.15, 0.2) is 62.2 Å². The second-order valence-electron chi connectivity index (χ2n) is 12.3. The number of rotatable bonds is 19. The largest absolute Gasteiger partial charge is 0.519 e. The van der Waals surface area contributed by atoms with Gasteiger partial charge >= 0.3 is 11.8 Å². The van der Waals surface area contributed by atoms with Crippen LogP contribution in [0, 0.1) is 20.2 Å². The van der Waals surface area contributed by atoms with Crippen LogP contribution in [0.1, 0.15) is 79.1 Å². The number of imidazole rings is 1. The van der Waals surface area contributed by atoms with Gasteiger partial charge < -0.3 is 32.9 Å². The van der Waals surface area contributed by atoms with Gasteiger partial charge in [-0.3, -0.25) is 0 Å². The number of H-pyrrole nitrogens is 1. The van der Waals surface area contributed by atoms with E-state index in [1.54, 1.807) is 4.57 Å². The van der Waals surface area contributed by atoms with Crippen molar-refractivity contribution in [3.05, 3.63) is 114 Å². The minimum Gasteiger partial charge on any atom is -0.453 e. The van der Waals surface area contributed by atoms with Crippen LogP contribution in [0.3, 0.4) is 0 Å². The highest BCUT2D eigenvalue weighted by atomic mass is 17.0. The summed E-state index contributed by atoms with van der Waals surface area (Å²) in [6.45, 7) is 3.94. The van der Waals surface area contributed by atoms with E-state index in [0.717, 1.165) is 22.3 Å². The van der Waals surface area contributed by atoms with E-state index in [-0.39, 0.29) is 48.7 Å². The molecule has 5 aromatic rings. The number of carbonyl (C=O) groups excluding carboxylic acids is 1. The van der Waals surface area contributed by atoms with Gasteiger partial charge in [-0.05, 0) is 55.0 Å². The Morgan fingerprint density at radius 3 is 2.40 bits per heavy atom. The third kappa shape index (κ3) is 9.67. The molecule has 280 valence electrons. The maximum atomic E-state index is 13.8. The van der Waals surface area contributed by atoms with E-state index in [2.05, 4.69) is 35.3 Å². The SMILES string of the molecule is CCCc1nc(C(C)(C)O)c(C(=O)OCc2oc(=O)oc2CCCC(CO[N+](=O)[O-])O[N+](=O)[O-])n1Cc1ccc(-c2ccccc2-c2nn[nH]n2)cc1. The topological polar surface area (TPSA) is 267 Å². The standard InChI is InChI=1S/C33H36N8O12/c1-4-8-27-34-29(33(2,3)44)28(39(27)17-20-13-15-21(16-14-20)23-10-5-6-11-24(23)30-35-37-38-36-30)31(42)49-19-26-25(51-32(43)52-26)12-7-9-22(53-41(47)48)18-50-40(45)46/h5-6,10-11,13-16,22,44H,4,7-9,12,17-19H2,1-3H3,(H,35,36,37,38). The van der Waals surface area contributed by atoms with Crippen molar-refractivity contribution >= 4 is 5.97 Å². The summed E-state index contributed by atoms with van der Waals surface area (Å²) in [4.78, 5) is 60.4. The van der Waals surface area contributed by atoms with Crippen molar-refractivity contribution in [3.63, 3.8) is 0 Å². The number of hydrogen-bond acceptors (Lipinski definition) is 16. The van der Waals surface area contributed by atoms with Crippen LogP contribution in [0.2, 0.25) is 0 Å². The Bertz CT molecular complexity index is 2080. The number of tetrazole rings is 1. The fraction of sp³-hybridized carbons (Fsp3) is 0.394. The maximum Gasteiger partial charge on any atom is 0.519 e. The fourth-order valence-electron chi connectivity index (χ4n) is 5.65. The van der Waals surface area contributed by atoms with Crippen LogP contribution in [0.4, 0.5) is 0 Å². The molecule has 3 heterocycles. The molecule has 20 heteroatoms. The molecule has 1 unspecified atom stereocenters. The summed E-state index contributed by atoms with van der Waals surface area (Å²) in [5.74, 6) is -1.04. The molecule has 53 heavy (non-hydrogen) atoms. The number of aliphatic hydroxyl groups is 1. The second-order valence-corrected chi connectivity index (χ2v) is 12.3. The summed E-state index contributed by atoms with van der Waals surface area (Å²) in [6, 6.07) is 15.3. The van der Waals surface area contributed by atoms with Gasteiger partial charge in [0.15, 0.2) is 23.8 Å². The average molecular weight is 737 g/mol. The highest BCUT2D eigenvalue weighted by Gasteiger charge is 2.33. The van der Waals surface area contributed by atoms with E-state index >= 15 is 0 Å². The van der Waals surface area contributed by atoms with E-state index in [9.17, 15) is 34.9 Å². The van der Waals surface area contributed by atoms with Crippen molar-refractivity contribution in [1.82, 2.24) is 30.2 Å². The molecule has 0 fully saturated rings. The summed E-state index contributed by atoms with van der Waals surface area (Å²) in [6.07, 6.45) is -0.0855. The van der Waals surface area contributed by atoms with E-state index in [0.29, 0.717) is 24.5 Å². The first-order valence-electron chi connectivity index (χ1n) is 16.5. The van der Waals surface area contributed by atoms with Gasteiger partial charge in [-0.1, -0.05) is 55.5 Å². The predicted molar refractivity (Wildman–Crippen MR) is 180 cm³/mol. The first-order chi connectivity index (χ1) is 25.3. The molecule has 0 saturated carbocycles. The van der Waals surface area contributed by atoms with Crippen LogP contribution < -0.4 is 5.82 Å². The van der Waals surface area contributed by atoms with Crippen LogP contribution in [0.25, 0.3) is 22.5 Å². The number of ether oxygens (including phenoxy) is 1. The highest BCUT2D eigenvalue weighted by Crippen LogP contribution is 2.31. The molecule has 0 aliphatic rings. The van der Waals surface area contributed by atoms with Crippen molar-refractivity contribution in [2.75, 3.05) is 6.61 Å². The Balaban J connectivity index is 1.36. The molecule has 2 aromatic carbocycles. The smallest absolute Gasteiger partial charge is 0.453 e. The molecule has 5 rings (SSSR count). The lowest BCUT2D eigenvalue weighted by Crippen LogP contribution is -2.24. The van der Waals surface area contributed by atoms with Gasteiger partial charge in [0.2, 0.25) is 5.82 Å². The van der Waals surface area contributed by atoms with Gasteiger partial charge in [0, 0.05) is 24.9 Å². The van der Waals surface area contributed by atoms with E-state index in [1.807, 2.05) is 55.5 Å². The Kier molecular flexibility index (Phi) is 11.9. The van der Waals surface area contributed by atoms with Gasteiger partial charge in [-0.15, -0.1) is 30.4 Å². The van der Waals surface area contributed by atoms with Gasteiger partial charge in [0.25, 0.3) is 10.2 Å². The van der Waals surface area contributed by atoms with Gasteiger partial charge in [-0.25, -0.2) is 14.6 Å². The molecular formula is C33H36N8O12. The Hall–Kier alpha value is -6.44. The normalized spacial score (nSPS) is 12.0. The third-order valence-electron chi connectivity index (χ3n) is 8.00. The zero-order valence-electron chi connectivity index (χ0n) is 28.9. The number of aromatic nitrogens is 6. The zero-order chi connectivity index (χ0) is 38.1. The fourth-order valence-corrected chi connectivity index (χ4v) is 5.65. The first kappa shape index (κ1) is 37.8. The lowest BCUT2D eigenvalue weighted by molar-refractivity contribution is -0.790. The van der Waals surface area contributed by atoms with Crippen LogP contribution in [0.5, 0.6) is 0 Å². The van der Waals surface area contributed by atoms with Crippen molar-refractivity contribution in [3.8, 4) is 22.5 Å². The first-order valence-corrected chi connectivity index (χ1v) is 16.5. The third-order valence-corrected chi connectivity index (χ3v) is 8.00. The lowest BCUT2D eigenvalue weighted by atomic mass is 9.98. The number of esters is 1. The number of nitrogens with zero attached hydrogens (tertiary/aromatic N) is 7. The van der Waals surface area contributed by atoms with E-state index in [4.69, 9.17) is 13.6 Å². The lowest BCUT2D eigenvalue weighted by Gasteiger charge is -2.18. The predicted octanol–water partition coefficient (Wildman–Crippen LogP) is 3.97. The number of carbonyl (C=O) groups is 1. The Morgan fingerprint density at radius 1 is 1.04 bits per heavy atom. The van der Waals surface area contributed by atoms with Crippen LogP contribution in [-0.2, 0) is 46.0 Å². The number of hydrogen-bond donors (Lipinski definition) is 2.